The van der Waals surface area contributed by atoms with Crippen LogP contribution in [-0.2, 0) is 4.79 Å². The van der Waals surface area contributed by atoms with Crippen molar-refractivity contribution in [1.82, 2.24) is 10.6 Å². The third-order valence-corrected chi connectivity index (χ3v) is 1.48. The fourth-order valence-electron chi connectivity index (χ4n) is 0.605. The summed E-state index contributed by atoms with van der Waals surface area (Å²) in [6.07, 6.45) is 0.494. The number of carbonyl (C=O) groups is 2. The van der Waals surface area contributed by atoms with Gasteiger partial charge in [-0.25, -0.2) is 4.79 Å². The van der Waals surface area contributed by atoms with Crippen molar-refractivity contribution < 1.29 is 9.59 Å². The Hall–Kier alpha value is -1.57. The second-order valence-electron chi connectivity index (χ2n) is 2.67. The molecule has 1 unspecified atom stereocenters. The van der Waals surface area contributed by atoms with Crippen molar-refractivity contribution in [2.24, 2.45) is 0 Å². The first-order chi connectivity index (χ1) is 6.10. The largest absolute Gasteiger partial charge is 0.335 e. The van der Waals surface area contributed by atoms with E-state index in [1.165, 1.54) is 0 Å². The molecule has 0 aliphatic rings. The van der Waals surface area contributed by atoms with Crippen LogP contribution >= 0.6 is 0 Å². The lowest BCUT2D eigenvalue weighted by molar-refractivity contribution is -0.119. The van der Waals surface area contributed by atoms with Gasteiger partial charge in [-0.2, -0.15) is 5.26 Å². The number of urea groups is 1. The van der Waals surface area contributed by atoms with Crippen LogP contribution in [0.4, 0.5) is 4.79 Å². The summed E-state index contributed by atoms with van der Waals surface area (Å²) in [5, 5.41) is 12.7. The predicted molar refractivity (Wildman–Crippen MR) is 46.7 cm³/mol. The van der Waals surface area contributed by atoms with Gasteiger partial charge < -0.3 is 5.32 Å². The van der Waals surface area contributed by atoms with Gasteiger partial charge in [-0.1, -0.05) is 6.92 Å². The van der Waals surface area contributed by atoms with Gasteiger partial charge in [0.05, 0.1) is 6.07 Å². The maximum Gasteiger partial charge on any atom is 0.321 e. The molecule has 0 fully saturated rings. The molecule has 0 spiro atoms. The van der Waals surface area contributed by atoms with Crippen LogP contribution in [0.2, 0.25) is 0 Å². The number of nitrogens with zero attached hydrogens (tertiary/aromatic N) is 1. The van der Waals surface area contributed by atoms with Crippen molar-refractivity contribution in [2.75, 3.05) is 0 Å². The quantitative estimate of drug-likeness (QED) is 0.669. The van der Waals surface area contributed by atoms with Gasteiger partial charge in [-0.3, -0.25) is 10.1 Å². The summed E-state index contributed by atoms with van der Waals surface area (Å²) in [7, 11) is 0. The fraction of sp³-hybridized carbons (Fsp3) is 0.625. The molecule has 0 aliphatic carbocycles. The van der Waals surface area contributed by atoms with Crippen molar-refractivity contribution in [3.8, 4) is 6.07 Å². The summed E-state index contributed by atoms with van der Waals surface area (Å²) in [4.78, 5) is 21.7. The normalized spacial score (nSPS) is 11.2. The zero-order valence-corrected chi connectivity index (χ0v) is 7.76. The average Bonchev–Trinajstić information content (AvgIpc) is 2.04. The van der Waals surface area contributed by atoms with Crippen molar-refractivity contribution >= 4 is 11.9 Å². The summed E-state index contributed by atoms with van der Waals surface area (Å²) in [5.74, 6) is -0.580. The second-order valence-corrected chi connectivity index (χ2v) is 2.67. The van der Waals surface area contributed by atoms with Gasteiger partial charge in [-0.05, 0) is 13.3 Å². The molecule has 0 bridgehead atoms. The van der Waals surface area contributed by atoms with Crippen molar-refractivity contribution in [2.45, 2.75) is 32.7 Å². The Balaban J connectivity index is 3.75. The highest BCUT2D eigenvalue weighted by Crippen LogP contribution is 1.86. The highest BCUT2D eigenvalue weighted by Gasteiger charge is 2.08. The van der Waals surface area contributed by atoms with Gasteiger partial charge in [0.15, 0.2) is 0 Å². The topological polar surface area (TPSA) is 82.0 Å². The molecular formula is C8H13N3O2. The van der Waals surface area contributed by atoms with Gasteiger partial charge in [0.25, 0.3) is 0 Å². The number of hydrogen-bond acceptors (Lipinski definition) is 3. The Labute approximate surface area is 77.1 Å². The number of amides is 3. The SMILES string of the molecule is CCC(C)NC(=O)NC(=O)CC#N. The van der Waals surface area contributed by atoms with Gasteiger partial charge in [-0.15, -0.1) is 0 Å². The Bertz CT molecular complexity index is 232. The minimum atomic E-state index is -0.580. The van der Waals surface area contributed by atoms with Gasteiger partial charge in [0, 0.05) is 6.04 Å². The van der Waals surface area contributed by atoms with E-state index in [-0.39, 0.29) is 12.5 Å². The Morgan fingerprint density at radius 3 is 2.62 bits per heavy atom. The molecule has 72 valence electrons. The van der Waals surface area contributed by atoms with Crippen molar-refractivity contribution in [3.63, 3.8) is 0 Å². The molecule has 13 heavy (non-hydrogen) atoms. The van der Waals surface area contributed by atoms with Gasteiger partial charge >= 0.3 is 6.03 Å². The first kappa shape index (κ1) is 11.4. The number of carbonyl (C=O) groups excluding carboxylic acids is 2. The summed E-state index contributed by atoms with van der Waals surface area (Å²) < 4.78 is 0. The summed E-state index contributed by atoms with van der Waals surface area (Å²) in [5.41, 5.74) is 0. The summed E-state index contributed by atoms with van der Waals surface area (Å²) in [6.45, 7) is 3.75. The van der Waals surface area contributed by atoms with E-state index in [1.807, 2.05) is 19.2 Å². The predicted octanol–water partition coefficient (Wildman–Crippen LogP) is 0.524. The minimum absolute atomic E-state index is 0.0230. The van der Waals surface area contributed by atoms with Crippen LogP contribution in [-0.4, -0.2) is 18.0 Å². The number of imide groups is 1. The summed E-state index contributed by atoms with van der Waals surface area (Å²) in [6, 6.07) is 1.12. The van der Waals surface area contributed by atoms with E-state index < -0.39 is 11.9 Å². The second kappa shape index (κ2) is 6.00. The third kappa shape index (κ3) is 5.67. The highest BCUT2D eigenvalue weighted by molar-refractivity contribution is 5.95. The molecule has 3 amide bonds. The maximum atomic E-state index is 10.9. The molecule has 0 aliphatic heterocycles. The van der Waals surface area contributed by atoms with Gasteiger partial charge in [0.2, 0.25) is 5.91 Å². The van der Waals surface area contributed by atoms with Gasteiger partial charge in [0.1, 0.15) is 6.42 Å². The number of hydrogen-bond donors (Lipinski definition) is 2. The first-order valence-electron chi connectivity index (χ1n) is 4.07. The fourth-order valence-corrected chi connectivity index (χ4v) is 0.605. The van der Waals surface area contributed by atoms with Crippen LogP contribution < -0.4 is 10.6 Å². The Kier molecular flexibility index (Phi) is 5.28. The average molecular weight is 183 g/mol. The monoisotopic (exact) mass is 183 g/mol. The lowest BCUT2D eigenvalue weighted by Crippen LogP contribution is -2.43. The van der Waals surface area contributed by atoms with Crippen molar-refractivity contribution in [3.05, 3.63) is 0 Å². The van der Waals surface area contributed by atoms with E-state index in [9.17, 15) is 9.59 Å². The van der Waals surface area contributed by atoms with Crippen LogP contribution in [0.1, 0.15) is 26.7 Å². The molecule has 0 saturated carbocycles. The molecule has 0 aromatic heterocycles. The summed E-state index contributed by atoms with van der Waals surface area (Å²) >= 11 is 0. The number of nitrogens with one attached hydrogen (secondary N) is 2. The van der Waals surface area contributed by atoms with Crippen LogP contribution in [0, 0.1) is 11.3 Å². The molecular weight excluding hydrogens is 170 g/mol. The minimum Gasteiger partial charge on any atom is -0.335 e. The number of nitriles is 1. The van der Waals surface area contributed by atoms with E-state index in [4.69, 9.17) is 5.26 Å². The molecule has 0 radical (unpaired) electrons. The van der Waals surface area contributed by atoms with Crippen LogP contribution in [0.25, 0.3) is 0 Å². The maximum absolute atomic E-state index is 10.9. The molecule has 0 saturated heterocycles. The van der Waals surface area contributed by atoms with E-state index in [1.54, 1.807) is 6.07 Å². The lowest BCUT2D eigenvalue weighted by atomic mass is 10.3. The van der Waals surface area contributed by atoms with Crippen LogP contribution in [0.3, 0.4) is 0 Å². The lowest BCUT2D eigenvalue weighted by Gasteiger charge is -2.10. The molecule has 0 aromatic carbocycles. The third-order valence-electron chi connectivity index (χ3n) is 1.48. The smallest absolute Gasteiger partial charge is 0.321 e. The molecule has 2 N–H and O–H groups in total. The molecule has 0 rings (SSSR count). The van der Waals surface area contributed by atoms with E-state index in [2.05, 4.69) is 5.32 Å². The molecule has 0 heterocycles. The van der Waals surface area contributed by atoms with Crippen LogP contribution in [0.5, 0.6) is 0 Å². The van der Waals surface area contributed by atoms with Crippen LogP contribution in [0.15, 0.2) is 0 Å². The zero-order valence-electron chi connectivity index (χ0n) is 7.76. The Morgan fingerprint density at radius 2 is 2.15 bits per heavy atom. The molecule has 0 aromatic rings. The first-order valence-corrected chi connectivity index (χ1v) is 4.07. The molecule has 1 atom stereocenters. The standard InChI is InChI=1S/C8H13N3O2/c1-3-6(2)10-8(13)11-7(12)4-5-9/h6H,3-4H2,1-2H3,(H2,10,11,12,13). The molecule has 5 heteroatoms. The molecule has 5 nitrogen and oxygen atoms in total. The number of rotatable bonds is 3. The van der Waals surface area contributed by atoms with E-state index in [0.717, 1.165) is 6.42 Å². The zero-order chi connectivity index (χ0) is 10.3. The van der Waals surface area contributed by atoms with E-state index >= 15 is 0 Å². The highest BCUT2D eigenvalue weighted by atomic mass is 16.2. The van der Waals surface area contributed by atoms with Crippen molar-refractivity contribution in [1.29, 1.82) is 5.26 Å². The van der Waals surface area contributed by atoms with E-state index in [0.29, 0.717) is 0 Å². The Morgan fingerprint density at radius 1 is 1.54 bits per heavy atom.